The standard InChI is InChI=1S/C17H25NO4S/c1-4-18(5-2)16(19)12-23(22)15(17(20)21)11-10-14-8-6-13(3)7-9-14/h6-9,15H,4-5,10-12H2,1-3H3,(H,20,21). The Bertz CT molecular complexity index is 552. The second-order valence-electron chi connectivity index (χ2n) is 5.44. The predicted molar refractivity (Wildman–Crippen MR) is 91.9 cm³/mol. The van der Waals surface area contributed by atoms with Gasteiger partial charge in [0, 0.05) is 23.9 Å². The van der Waals surface area contributed by atoms with E-state index < -0.39 is 22.0 Å². The van der Waals surface area contributed by atoms with Gasteiger partial charge in [0.2, 0.25) is 5.91 Å². The smallest absolute Gasteiger partial charge is 0.319 e. The van der Waals surface area contributed by atoms with E-state index in [0.717, 1.165) is 11.1 Å². The molecule has 1 N–H and O–H groups in total. The molecule has 0 spiro atoms. The lowest BCUT2D eigenvalue weighted by atomic mass is 10.1. The molecule has 23 heavy (non-hydrogen) atoms. The number of aryl methyl sites for hydroxylation is 2. The van der Waals surface area contributed by atoms with Gasteiger partial charge in [0.15, 0.2) is 0 Å². The van der Waals surface area contributed by atoms with Crippen molar-refractivity contribution in [2.75, 3.05) is 18.8 Å². The molecule has 128 valence electrons. The number of carboxylic acid groups (broad SMARTS) is 1. The molecule has 0 saturated carbocycles. The van der Waals surface area contributed by atoms with Gasteiger partial charge in [0.1, 0.15) is 11.0 Å². The van der Waals surface area contributed by atoms with Crippen molar-refractivity contribution in [1.29, 1.82) is 0 Å². The van der Waals surface area contributed by atoms with Crippen LogP contribution >= 0.6 is 0 Å². The number of benzene rings is 1. The Morgan fingerprint density at radius 3 is 2.22 bits per heavy atom. The zero-order chi connectivity index (χ0) is 17.4. The van der Waals surface area contributed by atoms with E-state index in [0.29, 0.717) is 19.5 Å². The molecule has 2 atom stereocenters. The molecule has 1 aromatic carbocycles. The third kappa shape index (κ3) is 6.14. The topological polar surface area (TPSA) is 74.7 Å². The lowest BCUT2D eigenvalue weighted by molar-refractivity contribution is -0.136. The molecule has 0 aromatic heterocycles. The van der Waals surface area contributed by atoms with Crippen LogP contribution in [0.25, 0.3) is 0 Å². The van der Waals surface area contributed by atoms with E-state index in [1.807, 2.05) is 45.0 Å². The van der Waals surface area contributed by atoms with Crippen molar-refractivity contribution in [1.82, 2.24) is 4.90 Å². The van der Waals surface area contributed by atoms with Crippen molar-refractivity contribution in [3.63, 3.8) is 0 Å². The molecule has 0 radical (unpaired) electrons. The third-order valence-electron chi connectivity index (χ3n) is 3.79. The fourth-order valence-electron chi connectivity index (χ4n) is 2.31. The number of carbonyl (C=O) groups excluding carboxylic acids is 1. The van der Waals surface area contributed by atoms with E-state index in [1.165, 1.54) is 0 Å². The fraction of sp³-hybridized carbons (Fsp3) is 0.529. The highest BCUT2D eigenvalue weighted by atomic mass is 32.2. The number of hydrogen-bond acceptors (Lipinski definition) is 3. The molecular weight excluding hydrogens is 314 g/mol. The van der Waals surface area contributed by atoms with Gasteiger partial charge in [0.05, 0.1) is 0 Å². The van der Waals surface area contributed by atoms with Gasteiger partial charge >= 0.3 is 5.97 Å². The van der Waals surface area contributed by atoms with Crippen LogP contribution in [0.4, 0.5) is 0 Å². The monoisotopic (exact) mass is 339 g/mol. The summed E-state index contributed by atoms with van der Waals surface area (Å²) in [6.45, 7) is 6.74. The number of nitrogens with zero attached hydrogens (tertiary/aromatic N) is 1. The molecule has 1 aromatic rings. The van der Waals surface area contributed by atoms with Gasteiger partial charge in [0.25, 0.3) is 0 Å². The average molecular weight is 339 g/mol. The van der Waals surface area contributed by atoms with Crippen molar-refractivity contribution in [3.8, 4) is 0 Å². The largest absolute Gasteiger partial charge is 0.480 e. The lowest BCUT2D eigenvalue weighted by Crippen LogP contribution is -2.38. The normalized spacial score (nSPS) is 13.3. The van der Waals surface area contributed by atoms with E-state index in [2.05, 4.69) is 0 Å². The maximum Gasteiger partial charge on any atom is 0.319 e. The first-order valence-corrected chi connectivity index (χ1v) is 9.20. The van der Waals surface area contributed by atoms with Crippen LogP contribution in [-0.4, -0.2) is 50.2 Å². The Balaban J connectivity index is 2.66. The summed E-state index contributed by atoms with van der Waals surface area (Å²) < 4.78 is 12.3. The van der Waals surface area contributed by atoms with Crippen LogP contribution < -0.4 is 0 Å². The molecule has 1 rings (SSSR count). The second kappa shape index (κ2) is 9.45. The zero-order valence-corrected chi connectivity index (χ0v) is 14.8. The number of amides is 1. The van der Waals surface area contributed by atoms with Crippen LogP contribution in [0, 0.1) is 6.92 Å². The molecule has 0 bridgehead atoms. The zero-order valence-electron chi connectivity index (χ0n) is 13.9. The van der Waals surface area contributed by atoms with Gasteiger partial charge in [-0.2, -0.15) is 0 Å². The summed E-state index contributed by atoms with van der Waals surface area (Å²) in [6, 6.07) is 7.81. The van der Waals surface area contributed by atoms with Crippen LogP contribution in [0.15, 0.2) is 24.3 Å². The highest BCUT2D eigenvalue weighted by molar-refractivity contribution is 7.87. The summed E-state index contributed by atoms with van der Waals surface area (Å²) in [7, 11) is -1.71. The summed E-state index contributed by atoms with van der Waals surface area (Å²) in [6.07, 6.45) is 0.791. The predicted octanol–water partition coefficient (Wildman–Crippen LogP) is 2.00. The average Bonchev–Trinajstić information content (AvgIpc) is 2.50. The number of carboxylic acids is 1. The minimum absolute atomic E-state index is 0.230. The molecule has 0 aliphatic heterocycles. The van der Waals surface area contributed by atoms with Crippen molar-refractivity contribution in [2.45, 2.75) is 38.9 Å². The Hall–Kier alpha value is -1.69. The maximum absolute atomic E-state index is 12.3. The Morgan fingerprint density at radius 1 is 1.17 bits per heavy atom. The van der Waals surface area contributed by atoms with E-state index in [4.69, 9.17) is 0 Å². The molecule has 2 unspecified atom stereocenters. The van der Waals surface area contributed by atoms with E-state index in [1.54, 1.807) is 4.90 Å². The molecule has 0 heterocycles. The summed E-state index contributed by atoms with van der Waals surface area (Å²) in [5, 5.41) is 8.30. The highest BCUT2D eigenvalue weighted by Gasteiger charge is 2.27. The fourth-order valence-corrected chi connectivity index (χ4v) is 3.54. The number of carbonyl (C=O) groups is 2. The summed E-state index contributed by atoms with van der Waals surface area (Å²) >= 11 is 0. The van der Waals surface area contributed by atoms with Crippen LogP contribution in [0.2, 0.25) is 0 Å². The quantitative estimate of drug-likeness (QED) is 0.747. The van der Waals surface area contributed by atoms with Crippen molar-refractivity contribution in [2.24, 2.45) is 0 Å². The minimum Gasteiger partial charge on any atom is -0.480 e. The summed E-state index contributed by atoms with van der Waals surface area (Å²) in [4.78, 5) is 24.9. The van der Waals surface area contributed by atoms with E-state index >= 15 is 0 Å². The molecule has 1 amide bonds. The number of hydrogen-bond donors (Lipinski definition) is 1. The van der Waals surface area contributed by atoms with Gasteiger partial charge in [-0.25, -0.2) is 0 Å². The summed E-state index contributed by atoms with van der Waals surface area (Å²) in [5.41, 5.74) is 2.14. The minimum atomic E-state index is -1.71. The maximum atomic E-state index is 12.3. The Kier molecular flexibility index (Phi) is 7.95. The molecule has 0 aliphatic rings. The van der Waals surface area contributed by atoms with Gasteiger partial charge in [-0.15, -0.1) is 0 Å². The first-order valence-electron chi connectivity index (χ1n) is 7.82. The lowest BCUT2D eigenvalue weighted by Gasteiger charge is -2.19. The first-order chi connectivity index (χ1) is 10.9. The van der Waals surface area contributed by atoms with Gasteiger partial charge in [-0.05, 0) is 39.2 Å². The van der Waals surface area contributed by atoms with E-state index in [-0.39, 0.29) is 18.1 Å². The highest BCUT2D eigenvalue weighted by Crippen LogP contribution is 2.12. The van der Waals surface area contributed by atoms with Crippen LogP contribution in [0.3, 0.4) is 0 Å². The first kappa shape index (κ1) is 19.4. The second-order valence-corrected chi connectivity index (χ2v) is 7.06. The Morgan fingerprint density at radius 2 is 1.74 bits per heavy atom. The van der Waals surface area contributed by atoms with Gasteiger partial charge < -0.3 is 10.0 Å². The molecule has 0 saturated heterocycles. The number of rotatable bonds is 9. The SMILES string of the molecule is CCN(CC)C(=O)CS(=O)C(CCc1ccc(C)cc1)C(=O)O. The molecule has 0 fully saturated rings. The molecular formula is C17H25NO4S. The molecule has 0 aliphatic carbocycles. The number of aliphatic carboxylic acids is 1. The van der Waals surface area contributed by atoms with Crippen molar-refractivity contribution >= 4 is 22.7 Å². The summed E-state index contributed by atoms with van der Waals surface area (Å²) in [5.74, 6) is -1.59. The van der Waals surface area contributed by atoms with Crippen LogP contribution in [0.5, 0.6) is 0 Å². The van der Waals surface area contributed by atoms with Crippen molar-refractivity contribution < 1.29 is 18.9 Å². The van der Waals surface area contributed by atoms with Gasteiger partial charge in [-0.1, -0.05) is 29.8 Å². The van der Waals surface area contributed by atoms with Crippen LogP contribution in [-0.2, 0) is 26.8 Å². The van der Waals surface area contributed by atoms with Crippen molar-refractivity contribution in [3.05, 3.63) is 35.4 Å². The molecule has 6 heteroatoms. The van der Waals surface area contributed by atoms with E-state index in [9.17, 15) is 18.9 Å². The van der Waals surface area contributed by atoms with Gasteiger partial charge in [-0.3, -0.25) is 13.8 Å². The Labute approximate surface area is 140 Å². The third-order valence-corrected chi connectivity index (χ3v) is 5.39. The van der Waals surface area contributed by atoms with Crippen LogP contribution in [0.1, 0.15) is 31.4 Å². The molecule has 5 nitrogen and oxygen atoms in total.